The lowest BCUT2D eigenvalue weighted by Crippen LogP contribution is -2.29. The predicted octanol–water partition coefficient (Wildman–Crippen LogP) is 3.35. The van der Waals surface area contributed by atoms with Crippen molar-refractivity contribution in [2.45, 2.75) is 45.7 Å². The number of aromatic nitrogens is 3. The molecule has 154 valence electrons. The summed E-state index contributed by atoms with van der Waals surface area (Å²) >= 11 is 0. The van der Waals surface area contributed by atoms with E-state index in [0.29, 0.717) is 19.5 Å². The summed E-state index contributed by atoms with van der Waals surface area (Å²) in [5.74, 6) is 0.132. The van der Waals surface area contributed by atoms with Crippen LogP contribution in [0, 0.1) is 6.92 Å². The van der Waals surface area contributed by atoms with Gasteiger partial charge in [-0.3, -0.25) is 19.6 Å². The van der Waals surface area contributed by atoms with Crippen LogP contribution in [0.15, 0.2) is 48.9 Å². The van der Waals surface area contributed by atoms with Crippen LogP contribution in [-0.2, 0) is 30.7 Å². The Balaban J connectivity index is 1.62. The van der Waals surface area contributed by atoms with Gasteiger partial charge in [0, 0.05) is 49.4 Å². The third-order valence-corrected chi connectivity index (χ3v) is 5.81. The van der Waals surface area contributed by atoms with E-state index < -0.39 is 0 Å². The van der Waals surface area contributed by atoms with E-state index in [1.165, 1.54) is 5.56 Å². The van der Waals surface area contributed by atoms with Crippen LogP contribution in [0.4, 0.5) is 0 Å². The average Bonchev–Trinajstić information content (AvgIpc) is 3.02. The number of ketones is 1. The Labute approximate surface area is 176 Å². The van der Waals surface area contributed by atoms with Crippen molar-refractivity contribution in [3.63, 3.8) is 0 Å². The van der Waals surface area contributed by atoms with Crippen molar-refractivity contribution in [2.24, 2.45) is 0 Å². The number of likely N-dealkylation sites (N-methyl/N-ethyl adjacent to an activating group) is 1. The first-order valence-corrected chi connectivity index (χ1v) is 10.3. The van der Waals surface area contributed by atoms with Gasteiger partial charge in [0.1, 0.15) is 0 Å². The van der Waals surface area contributed by atoms with Gasteiger partial charge in [-0.2, -0.15) is 0 Å². The maximum absolute atomic E-state index is 13.0. The largest absolute Gasteiger partial charge is 0.343 e. The number of rotatable bonds is 6. The molecule has 2 aromatic heterocycles. The van der Waals surface area contributed by atoms with Crippen LogP contribution in [0.3, 0.4) is 0 Å². The molecule has 0 aliphatic heterocycles. The lowest BCUT2D eigenvalue weighted by atomic mass is 9.92. The summed E-state index contributed by atoms with van der Waals surface area (Å²) in [6.45, 7) is 3.14. The number of nitrogens with zero attached hydrogens (tertiary/aromatic N) is 4. The highest BCUT2D eigenvalue weighted by Gasteiger charge is 2.29. The van der Waals surface area contributed by atoms with Gasteiger partial charge in [0.15, 0.2) is 5.78 Å². The van der Waals surface area contributed by atoms with Gasteiger partial charge in [0.05, 0.1) is 24.9 Å². The van der Waals surface area contributed by atoms with Gasteiger partial charge in [-0.15, -0.1) is 0 Å². The molecule has 2 heterocycles. The van der Waals surface area contributed by atoms with Crippen molar-refractivity contribution < 1.29 is 9.59 Å². The molecule has 0 bridgehead atoms. The Morgan fingerprint density at radius 1 is 1.17 bits per heavy atom. The van der Waals surface area contributed by atoms with Crippen molar-refractivity contribution in [2.75, 3.05) is 7.05 Å². The third kappa shape index (κ3) is 4.03. The second kappa shape index (κ2) is 8.61. The highest BCUT2D eigenvalue weighted by molar-refractivity contribution is 6.01. The fraction of sp³-hybridized carbons (Fsp3) is 0.333. The Bertz CT molecular complexity index is 1060. The van der Waals surface area contributed by atoms with Crippen molar-refractivity contribution in [3.05, 3.63) is 82.7 Å². The third-order valence-electron chi connectivity index (χ3n) is 5.81. The highest BCUT2D eigenvalue weighted by atomic mass is 16.2. The van der Waals surface area contributed by atoms with Crippen LogP contribution in [0.2, 0.25) is 0 Å². The molecule has 30 heavy (non-hydrogen) atoms. The monoisotopic (exact) mass is 402 g/mol. The molecule has 3 aromatic rings. The number of Topliss-reactive ketones (excluding diaryl/α,β-unsaturated/α-hetero) is 1. The van der Waals surface area contributed by atoms with Crippen molar-refractivity contribution >= 4 is 11.7 Å². The van der Waals surface area contributed by atoms with E-state index in [4.69, 9.17) is 0 Å². The molecule has 1 aliphatic rings. The number of amides is 1. The molecular formula is C24H26N4O2. The van der Waals surface area contributed by atoms with Gasteiger partial charge in [-0.1, -0.05) is 30.3 Å². The van der Waals surface area contributed by atoms with Crippen LogP contribution < -0.4 is 0 Å². The Morgan fingerprint density at radius 3 is 2.70 bits per heavy atom. The minimum absolute atomic E-state index is 0.0261. The molecule has 0 fully saturated rings. The first-order valence-electron chi connectivity index (χ1n) is 10.3. The van der Waals surface area contributed by atoms with E-state index in [1.54, 1.807) is 30.5 Å². The average molecular weight is 402 g/mol. The molecular weight excluding hydrogens is 376 g/mol. The summed E-state index contributed by atoms with van der Waals surface area (Å²) in [6.07, 6.45) is 7.41. The molecule has 1 amide bonds. The highest BCUT2D eigenvalue weighted by Crippen LogP contribution is 2.31. The van der Waals surface area contributed by atoms with Crippen LogP contribution in [0.5, 0.6) is 0 Å². The molecule has 0 saturated carbocycles. The fourth-order valence-corrected chi connectivity index (χ4v) is 4.21. The van der Waals surface area contributed by atoms with Gasteiger partial charge in [0.2, 0.25) is 5.91 Å². The van der Waals surface area contributed by atoms with Crippen molar-refractivity contribution in [1.82, 2.24) is 19.4 Å². The van der Waals surface area contributed by atoms with E-state index in [0.717, 1.165) is 41.1 Å². The van der Waals surface area contributed by atoms with Crippen LogP contribution in [0.1, 0.15) is 51.4 Å². The first kappa shape index (κ1) is 20.0. The Kier molecular flexibility index (Phi) is 5.74. The molecule has 6 heteroatoms. The zero-order valence-electron chi connectivity index (χ0n) is 17.5. The summed E-state index contributed by atoms with van der Waals surface area (Å²) in [6, 6.07) is 10.2. The second-order valence-electron chi connectivity index (χ2n) is 7.86. The zero-order chi connectivity index (χ0) is 21.1. The summed E-state index contributed by atoms with van der Waals surface area (Å²) in [4.78, 5) is 35.7. The minimum Gasteiger partial charge on any atom is -0.343 e. The maximum atomic E-state index is 13.0. The maximum Gasteiger partial charge on any atom is 0.227 e. The van der Waals surface area contributed by atoms with E-state index in [9.17, 15) is 9.59 Å². The van der Waals surface area contributed by atoms with Crippen molar-refractivity contribution in [3.8, 4) is 0 Å². The number of carbonyl (C=O) groups excluding carboxylic acids is 2. The van der Waals surface area contributed by atoms with Crippen LogP contribution in [-0.4, -0.2) is 38.2 Å². The predicted molar refractivity (Wildman–Crippen MR) is 114 cm³/mol. The molecule has 4 rings (SSSR count). The smallest absolute Gasteiger partial charge is 0.227 e. The summed E-state index contributed by atoms with van der Waals surface area (Å²) in [5.41, 5.74) is 5.67. The van der Waals surface area contributed by atoms with E-state index in [2.05, 4.69) is 26.7 Å². The van der Waals surface area contributed by atoms with Gasteiger partial charge >= 0.3 is 0 Å². The number of hydrogen-bond donors (Lipinski definition) is 0. The lowest BCUT2D eigenvalue weighted by molar-refractivity contribution is -0.129. The fourth-order valence-electron chi connectivity index (χ4n) is 4.21. The summed E-state index contributed by atoms with van der Waals surface area (Å²) in [5, 5.41) is 0. The molecule has 0 saturated heterocycles. The van der Waals surface area contributed by atoms with Gasteiger partial charge in [0.25, 0.3) is 0 Å². The number of carbonyl (C=O) groups is 2. The number of fused-ring (bicyclic) bond motifs is 1. The normalized spacial score (nSPS) is 13.2. The molecule has 6 nitrogen and oxygen atoms in total. The van der Waals surface area contributed by atoms with Crippen molar-refractivity contribution in [1.29, 1.82) is 0 Å². The Morgan fingerprint density at radius 2 is 1.97 bits per heavy atom. The zero-order valence-corrected chi connectivity index (χ0v) is 17.5. The summed E-state index contributed by atoms with van der Waals surface area (Å²) in [7, 11) is 1.77. The SMILES string of the molecule is Cc1c(CC(=O)N(C)Cc2cnccn2)c2c(n1Cc1ccccc1)CCCC2=O. The second-order valence-corrected chi connectivity index (χ2v) is 7.86. The van der Waals surface area contributed by atoms with Crippen LogP contribution >= 0.6 is 0 Å². The van der Waals surface area contributed by atoms with Crippen LogP contribution in [0.25, 0.3) is 0 Å². The molecule has 0 radical (unpaired) electrons. The molecule has 1 aliphatic carbocycles. The van der Waals surface area contributed by atoms with Gasteiger partial charge in [-0.05, 0) is 30.9 Å². The van der Waals surface area contributed by atoms with E-state index in [1.807, 2.05) is 25.1 Å². The molecule has 0 spiro atoms. The van der Waals surface area contributed by atoms with E-state index in [-0.39, 0.29) is 18.1 Å². The molecule has 1 aromatic carbocycles. The molecule has 0 atom stereocenters. The van der Waals surface area contributed by atoms with Gasteiger partial charge < -0.3 is 9.47 Å². The number of benzene rings is 1. The first-order chi connectivity index (χ1) is 14.5. The lowest BCUT2D eigenvalue weighted by Gasteiger charge is -2.17. The summed E-state index contributed by atoms with van der Waals surface area (Å²) < 4.78 is 2.23. The quantitative estimate of drug-likeness (QED) is 0.634. The van der Waals surface area contributed by atoms with Gasteiger partial charge in [-0.25, -0.2) is 0 Å². The molecule has 0 N–H and O–H groups in total. The van der Waals surface area contributed by atoms with E-state index >= 15 is 0 Å². The topological polar surface area (TPSA) is 68.1 Å². The number of hydrogen-bond acceptors (Lipinski definition) is 4. The standard InChI is InChI=1S/C24H26N4O2/c1-17-20(13-23(30)27(2)16-19-14-25-11-12-26-19)24-21(9-6-10-22(24)29)28(17)15-18-7-4-3-5-8-18/h3-5,7-8,11-12,14H,6,9-10,13,15-16H2,1-2H3. The Hall–Kier alpha value is -3.28. The molecule has 0 unspecified atom stereocenters. The minimum atomic E-state index is -0.0261.